The molecule has 1 atom stereocenters. The van der Waals surface area contributed by atoms with Crippen molar-refractivity contribution in [3.8, 4) is 0 Å². The number of aliphatic hydroxyl groups excluding tert-OH is 1. The summed E-state index contributed by atoms with van der Waals surface area (Å²) in [5, 5.41) is 10.4. The van der Waals surface area contributed by atoms with Gasteiger partial charge in [0, 0.05) is 12.1 Å². The van der Waals surface area contributed by atoms with E-state index in [1.807, 2.05) is 0 Å². The molecule has 0 aliphatic heterocycles. The second kappa shape index (κ2) is 4.21. The van der Waals surface area contributed by atoms with Gasteiger partial charge in [-0.2, -0.15) is 0 Å². The van der Waals surface area contributed by atoms with Crippen LogP contribution in [-0.2, 0) is 0 Å². The molecule has 0 spiro atoms. The first-order chi connectivity index (χ1) is 5.65. The Hall–Kier alpha value is -0.120. The fraction of sp³-hybridized carbons (Fsp3) is 0.625. The van der Waals surface area contributed by atoms with Crippen molar-refractivity contribution >= 4 is 22.9 Å². The van der Waals surface area contributed by atoms with Crippen LogP contribution in [0.15, 0.2) is 6.20 Å². The molecule has 0 aliphatic rings. The van der Waals surface area contributed by atoms with Gasteiger partial charge in [0.15, 0.2) is 0 Å². The van der Waals surface area contributed by atoms with Gasteiger partial charge in [0.2, 0.25) is 0 Å². The fourth-order valence-electron chi connectivity index (χ4n) is 0.798. The summed E-state index contributed by atoms with van der Waals surface area (Å²) in [6, 6.07) is 0. The van der Waals surface area contributed by atoms with Crippen LogP contribution in [0.5, 0.6) is 0 Å². The summed E-state index contributed by atoms with van der Waals surface area (Å²) in [5.41, 5.74) is 0. The standard InChI is InChI=1S/C8H12ClNOS/c1-5(2)8-10-4-7(12-8)6(11)3-9/h4-6,11H,3H2,1-2H3. The molecule has 0 amide bonds. The largest absolute Gasteiger partial charge is 0.386 e. The molecule has 68 valence electrons. The molecule has 4 heteroatoms. The molecule has 1 heterocycles. The Morgan fingerprint density at radius 1 is 1.67 bits per heavy atom. The lowest BCUT2D eigenvalue weighted by Gasteiger charge is -2.00. The summed E-state index contributed by atoms with van der Waals surface area (Å²) in [5.74, 6) is 0.658. The van der Waals surface area contributed by atoms with Crippen molar-refractivity contribution in [1.29, 1.82) is 0 Å². The Labute approximate surface area is 81.2 Å². The summed E-state index contributed by atoms with van der Waals surface area (Å²) in [7, 11) is 0. The summed E-state index contributed by atoms with van der Waals surface area (Å²) >= 11 is 7.03. The van der Waals surface area contributed by atoms with E-state index >= 15 is 0 Å². The van der Waals surface area contributed by atoms with Gasteiger partial charge >= 0.3 is 0 Å². The number of hydrogen-bond acceptors (Lipinski definition) is 3. The number of aliphatic hydroxyl groups is 1. The lowest BCUT2D eigenvalue weighted by molar-refractivity contribution is 0.206. The molecule has 0 fully saturated rings. The molecule has 1 N–H and O–H groups in total. The number of thiazole rings is 1. The third-order valence-electron chi connectivity index (χ3n) is 1.51. The zero-order valence-corrected chi connectivity index (χ0v) is 8.69. The normalized spacial score (nSPS) is 13.8. The highest BCUT2D eigenvalue weighted by molar-refractivity contribution is 7.11. The quantitative estimate of drug-likeness (QED) is 0.770. The maximum Gasteiger partial charge on any atom is 0.103 e. The average molecular weight is 206 g/mol. The van der Waals surface area contributed by atoms with Crippen LogP contribution < -0.4 is 0 Å². The van der Waals surface area contributed by atoms with Gasteiger partial charge < -0.3 is 5.11 Å². The topological polar surface area (TPSA) is 33.1 Å². The predicted molar refractivity (Wildman–Crippen MR) is 51.9 cm³/mol. The lowest BCUT2D eigenvalue weighted by Crippen LogP contribution is -1.94. The number of rotatable bonds is 3. The van der Waals surface area contributed by atoms with Crippen LogP contribution in [0.1, 0.15) is 35.8 Å². The number of nitrogens with zero attached hydrogens (tertiary/aromatic N) is 1. The Kier molecular flexibility index (Phi) is 3.50. The summed E-state index contributed by atoms with van der Waals surface area (Å²) in [6.45, 7) is 4.16. The molecule has 0 aliphatic carbocycles. The van der Waals surface area contributed by atoms with Gasteiger partial charge in [-0.05, 0) is 0 Å². The second-order valence-electron chi connectivity index (χ2n) is 2.93. The molecule has 0 bridgehead atoms. The summed E-state index contributed by atoms with van der Waals surface area (Å²) in [6.07, 6.45) is 1.14. The Morgan fingerprint density at radius 3 is 2.75 bits per heavy atom. The van der Waals surface area contributed by atoms with Crippen LogP contribution >= 0.6 is 22.9 Å². The minimum absolute atomic E-state index is 0.236. The molecule has 0 aromatic carbocycles. The number of alkyl halides is 1. The minimum Gasteiger partial charge on any atom is -0.386 e. The fourth-order valence-corrected chi connectivity index (χ4v) is 1.96. The molecule has 1 aromatic rings. The van der Waals surface area contributed by atoms with Crippen molar-refractivity contribution in [3.05, 3.63) is 16.1 Å². The lowest BCUT2D eigenvalue weighted by atomic mass is 10.2. The van der Waals surface area contributed by atoms with E-state index in [1.165, 1.54) is 11.3 Å². The highest BCUT2D eigenvalue weighted by Crippen LogP contribution is 2.26. The zero-order chi connectivity index (χ0) is 9.14. The molecular formula is C8H12ClNOS. The molecule has 12 heavy (non-hydrogen) atoms. The second-order valence-corrected chi connectivity index (χ2v) is 4.33. The van der Waals surface area contributed by atoms with Crippen molar-refractivity contribution in [1.82, 2.24) is 4.98 Å². The molecule has 1 unspecified atom stereocenters. The monoisotopic (exact) mass is 205 g/mol. The van der Waals surface area contributed by atoms with E-state index in [2.05, 4.69) is 18.8 Å². The van der Waals surface area contributed by atoms with Crippen LogP contribution in [0.2, 0.25) is 0 Å². The van der Waals surface area contributed by atoms with E-state index in [0.29, 0.717) is 5.92 Å². The smallest absolute Gasteiger partial charge is 0.103 e. The van der Waals surface area contributed by atoms with Gasteiger partial charge in [0.05, 0.1) is 15.8 Å². The van der Waals surface area contributed by atoms with Gasteiger partial charge in [-0.25, -0.2) is 4.98 Å². The molecule has 1 aromatic heterocycles. The van der Waals surface area contributed by atoms with Crippen LogP contribution in [0.3, 0.4) is 0 Å². The van der Waals surface area contributed by atoms with Gasteiger partial charge in [-0.3, -0.25) is 0 Å². The van der Waals surface area contributed by atoms with Crippen LogP contribution in [0.4, 0.5) is 0 Å². The van der Waals surface area contributed by atoms with Crippen molar-refractivity contribution < 1.29 is 5.11 Å². The van der Waals surface area contributed by atoms with Gasteiger partial charge in [0.1, 0.15) is 6.10 Å². The first-order valence-corrected chi connectivity index (χ1v) is 5.20. The van der Waals surface area contributed by atoms with E-state index in [1.54, 1.807) is 6.20 Å². The molecule has 0 saturated carbocycles. The molecule has 1 rings (SSSR count). The van der Waals surface area contributed by atoms with Gasteiger partial charge in [0.25, 0.3) is 0 Å². The number of aromatic nitrogens is 1. The van der Waals surface area contributed by atoms with Crippen LogP contribution in [-0.4, -0.2) is 16.0 Å². The van der Waals surface area contributed by atoms with Crippen molar-refractivity contribution in [3.63, 3.8) is 0 Å². The summed E-state index contributed by atoms with van der Waals surface area (Å²) in [4.78, 5) is 5.04. The van der Waals surface area contributed by atoms with Crippen molar-refractivity contribution in [2.75, 3.05) is 5.88 Å². The zero-order valence-electron chi connectivity index (χ0n) is 7.12. The highest BCUT2D eigenvalue weighted by Gasteiger charge is 2.11. The Bertz CT molecular complexity index is 249. The summed E-state index contributed by atoms with van der Waals surface area (Å²) < 4.78 is 0. The van der Waals surface area contributed by atoms with Gasteiger partial charge in [-0.1, -0.05) is 13.8 Å². The molecular weight excluding hydrogens is 194 g/mol. The predicted octanol–water partition coefficient (Wildman–Crippen LogP) is 2.54. The maximum absolute atomic E-state index is 9.36. The maximum atomic E-state index is 9.36. The Balaban J connectivity index is 2.77. The van der Waals surface area contributed by atoms with Crippen molar-refractivity contribution in [2.45, 2.75) is 25.9 Å². The third kappa shape index (κ3) is 2.19. The van der Waals surface area contributed by atoms with E-state index in [9.17, 15) is 5.11 Å². The number of hydrogen-bond donors (Lipinski definition) is 1. The van der Waals surface area contributed by atoms with E-state index in [4.69, 9.17) is 11.6 Å². The highest BCUT2D eigenvalue weighted by atomic mass is 35.5. The van der Waals surface area contributed by atoms with Crippen LogP contribution in [0, 0.1) is 0 Å². The van der Waals surface area contributed by atoms with E-state index in [-0.39, 0.29) is 5.88 Å². The molecule has 0 saturated heterocycles. The average Bonchev–Trinajstić information content (AvgIpc) is 2.51. The van der Waals surface area contributed by atoms with Gasteiger partial charge in [-0.15, -0.1) is 22.9 Å². The van der Waals surface area contributed by atoms with E-state index < -0.39 is 6.10 Å². The van der Waals surface area contributed by atoms with Crippen molar-refractivity contribution in [2.24, 2.45) is 0 Å². The number of halogens is 1. The van der Waals surface area contributed by atoms with E-state index in [0.717, 1.165) is 9.88 Å². The third-order valence-corrected chi connectivity index (χ3v) is 3.20. The van der Waals surface area contributed by atoms with Crippen LogP contribution in [0.25, 0.3) is 0 Å². The molecule has 2 nitrogen and oxygen atoms in total. The first kappa shape index (κ1) is 9.96. The molecule has 0 radical (unpaired) electrons. The minimum atomic E-state index is -0.559. The SMILES string of the molecule is CC(C)c1ncc(C(O)CCl)s1. The first-order valence-electron chi connectivity index (χ1n) is 3.84. The Morgan fingerprint density at radius 2 is 2.33 bits per heavy atom.